The Morgan fingerprint density at radius 1 is 1.39 bits per heavy atom. The zero-order chi connectivity index (χ0) is 13.0. The second-order valence-electron chi connectivity index (χ2n) is 3.95. The molecule has 0 saturated heterocycles. The summed E-state index contributed by atoms with van der Waals surface area (Å²) in [5.41, 5.74) is 4.18. The van der Waals surface area contributed by atoms with Gasteiger partial charge in [0.15, 0.2) is 0 Å². The van der Waals surface area contributed by atoms with Gasteiger partial charge in [-0.1, -0.05) is 22.0 Å². The van der Waals surface area contributed by atoms with Gasteiger partial charge in [-0.05, 0) is 36.2 Å². The number of pyridine rings is 1. The highest BCUT2D eigenvalue weighted by Gasteiger charge is 2.15. The van der Waals surface area contributed by atoms with Crippen molar-refractivity contribution in [1.82, 2.24) is 10.4 Å². The number of hydrogen-bond donors (Lipinski definition) is 2. The molecule has 0 radical (unpaired) electrons. The van der Waals surface area contributed by atoms with Crippen molar-refractivity contribution in [1.29, 1.82) is 0 Å². The highest BCUT2D eigenvalue weighted by Crippen LogP contribution is 2.23. The van der Waals surface area contributed by atoms with Gasteiger partial charge < -0.3 is 0 Å². The van der Waals surface area contributed by atoms with Crippen LogP contribution >= 0.6 is 15.9 Å². The van der Waals surface area contributed by atoms with Gasteiger partial charge in [-0.2, -0.15) is 0 Å². The summed E-state index contributed by atoms with van der Waals surface area (Å²) in [6.07, 6.45) is 4.03. The van der Waals surface area contributed by atoms with Crippen LogP contribution in [0.5, 0.6) is 0 Å². The van der Waals surface area contributed by atoms with Crippen molar-refractivity contribution < 1.29 is 4.39 Å². The Morgan fingerprint density at radius 3 is 2.89 bits per heavy atom. The van der Waals surface area contributed by atoms with Crippen LogP contribution in [0.4, 0.5) is 4.39 Å². The Bertz CT molecular complexity index is 519. The van der Waals surface area contributed by atoms with E-state index >= 15 is 0 Å². The topological polar surface area (TPSA) is 50.9 Å². The van der Waals surface area contributed by atoms with Crippen LogP contribution in [0.2, 0.25) is 0 Å². The largest absolute Gasteiger partial charge is 0.271 e. The molecule has 3 N–H and O–H groups in total. The lowest BCUT2D eigenvalue weighted by Crippen LogP contribution is -2.30. The summed E-state index contributed by atoms with van der Waals surface area (Å²) in [4.78, 5) is 4.03. The molecular formula is C13H13BrFN3. The van der Waals surface area contributed by atoms with Gasteiger partial charge in [0, 0.05) is 22.4 Å². The molecule has 0 fully saturated rings. The summed E-state index contributed by atoms with van der Waals surface area (Å²) < 4.78 is 14.6. The van der Waals surface area contributed by atoms with E-state index in [1.807, 2.05) is 12.1 Å². The van der Waals surface area contributed by atoms with Crippen molar-refractivity contribution in [2.24, 2.45) is 5.84 Å². The molecule has 18 heavy (non-hydrogen) atoms. The predicted octanol–water partition coefficient (Wildman–Crippen LogP) is 2.73. The maximum absolute atomic E-state index is 13.8. The molecule has 0 spiro atoms. The van der Waals surface area contributed by atoms with Crippen molar-refractivity contribution in [3.63, 3.8) is 0 Å². The first-order chi connectivity index (χ1) is 8.70. The van der Waals surface area contributed by atoms with Crippen LogP contribution in [-0.2, 0) is 6.42 Å². The Kier molecular flexibility index (Phi) is 4.41. The average molecular weight is 310 g/mol. The fraction of sp³-hybridized carbons (Fsp3) is 0.154. The van der Waals surface area contributed by atoms with Crippen LogP contribution in [0.1, 0.15) is 17.2 Å². The van der Waals surface area contributed by atoms with E-state index in [9.17, 15) is 4.39 Å². The summed E-state index contributed by atoms with van der Waals surface area (Å²) in [5, 5.41) is 0. The van der Waals surface area contributed by atoms with Gasteiger partial charge in [-0.3, -0.25) is 16.3 Å². The van der Waals surface area contributed by atoms with E-state index in [-0.39, 0.29) is 11.9 Å². The Hall–Kier alpha value is -1.30. The molecule has 94 valence electrons. The van der Waals surface area contributed by atoms with E-state index in [4.69, 9.17) is 5.84 Å². The van der Waals surface area contributed by atoms with Gasteiger partial charge in [-0.25, -0.2) is 4.39 Å². The average Bonchev–Trinajstić information content (AvgIpc) is 2.40. The van der Waals surface area contributed by atoms with E-state index in [0.29, 0.717) is 12.0 Å². The molecule has 1 atom stereocenters. The van der Waals surface area contributed by atoms with Crippen LogP contribution in [0.15, 0.2) is 47.2 Å². The maximum Gasteiger partial charge on any atom is 0.128 e. The lowest BCUT2D eigenvalue weighted by molar-refractivity contribution is 0.510. The van der Waals surface area contributed by atoms with Gasteiger partial charge in [0.1, 0.15) is 5.82 Å². The molecule has 1 unspecified atom stereocenters. The highest BCUT2D eigenvalue weighted by molar-refractivity contribution is 9.10. The SMILES string of the molecule is NNC(Cc1cccnc1)c1cc(Br)ccc1F. The first-order valence-corrected chi connectivity index (χ1v) is 6.30. The summed E-state index contributed by atoms with van der Waals surface area (Å²) in [7, 11) is 0. The van der Waals surface area contributed by atoms with Gasteiger partial charge >= 0.3 is 0 Å². The third-order valence-corrected chi connectivity index (χ3v) is 3.19. The van der Waals surface area contributed by atoms with Gasteiger partial charge in [0.2, 0.25) is 0 Å². The standard InChI is InChI=1S/C13H13BrFN3/c14-10-3-4-12(15)11(7-10)13(18-16)6-9-2-1-5-17-8-9/h1-5,7-8,13,18H,6,16H2. The summed E-state index contributed by atoms with van der Waals surface area (Å²) in [6.45, 7) is 0. The van der Waals surface area contributed by atoms with Crippen LogP contribution < -0.4 is 11.3 Å². The zero-order valence-corrected chi connectivity index (χ0v) is 11.2. The molecule has 1 aromatic carbocycles. The summed E-state index contributed by atoms with van der Waals surface area (Å²) in [5.74, 6) is 5.25. The van der Waals surface area contributed by atoms with Gasteiger partial charge in [0.25, 0.3) is 0 Å². The van der Waals surface area contributed by atoms with Crippen LogP contribution in [-0.4, -0.2) is 4.98 Å². The van der Waals surface area contributed by atoms with Crippen LogP contribution in [0, 0.1) is 5.82 Å². The molecule has 5 heteroatoms. The number of aromatic nitrogens is 1. The first-order valence-electron chi connectivity index (χ1n) is 5.50. The number of nitrogens with two attached hydrogens (primary N) is 1. The van der Waals surface area contributed by atoms with Gasteiger partial charge in [0.05, 0.1) is 6.04 Å². The minimum absolute atomic E-state index is 0.273. The van der Waals surface area contributed by atoms with E-state index in [0.717, 1.165) is 10.0 Å². The monoisotopic (exact) mass is 309 g/mol. The molecule has 1 heterocycles. The molecule has 0 saturated carbocycles. The van der Waals surface area contributed by atoms with Crippen LogP contribution in [0.3, 0.4) is 0 Å². The lowest BCUT2D eigenvalue weighted by atomic mass is 10.00. The molecule has 0 aliphatic carbocycles. The minimum Gasteiger partial charge on any atom is -0.271 e. The highest BCUT2D eigenvalue weighted by atomic mass is 79.9. The molecule has 0 aliphatic heterocycles. The molecule has 0 aliphatic rings. The molecular weight excluding hydrogens is 297 g/mol. The van der Waals surface area contributed by atoms with E-state index < -0.39 is 0 Å². The summed E-state index contributed by atoms with van der Waals surface area (Å²) in [6, 6.07) is 8.32. The van der Waals surface area contributed by atoms with Gasteiger partial charge in [-0.15, -0.1) is 0 Å². The molecule has 3 nitrogen and oxygen atoms in total. The zero-order valence-electron chi connectivity index (χ0n) is 9.61. The smallest absolute Gasteiger partial charge is 0.128 e. The number of nitrogens with one attached hydrogen (secondary N) is 1. The second kappa shape index (κ2) is 6.04. The number of nitrogens with zero attached hydrogens (tertiary/aromatic N) is 1. The van der Waals surface area contributed by atoms with E-state index in [1.165, 1.54) is 6.07 Å². The van der Waals surface area contributed by atoms with Crippen molar-refractivity contribution >= 4 is 15.9 Å². The van der Waals surface area contributed by atoms with Crippen LogP contribution in [0.25, 0.3) is 0 Å². The second-order valence-corrected chi connectivity index (χ2v) is 4.87. The Labute approximate surface area is 113 Å². The third kappa shape index (κ3) is 3.13. The normalized spacial score (nSPS) is 12.4. The first kappa shape index (κ1) is 13.1. The van der Waals surface area contributed by atoms with Crippen molar-refractivity contribution in [3.05, 3.63) is 64.1 Å². The van der Waals surface area contributed by atoms with E-state index in [2.05, 4.69) is 26.3 Å². The van der Waals surface area contributed by atoms with Crippen molar-refractivity contribution in [2.75, 3.05) is 0 Å². The minimum atomic E-state index is -0.285. The molecule has 2 aromatic rings. The quantitative estimate of drug-likeness (QED) is 0.674. The maximum atomic E-state index is 13.8. The number of hydrazine groups is 1. The number of rotatable bonds is 4. The fourth-order valence-electron chi connectivity index (χ4n) is 1.79. The number of hydrogen-bond acceptors (Lipinski definition) is 3. The lowest BCUT2D eigenvalue weighted by Gasteiger charge is -2.17. The molecule has 2 rings (SSSR count). The van der Waals surface area contributed by atoms with Crippen molar-refractivity contribution in [2.45, 2.75) is 12.5 Å². The fourth-order valence-corrected chi connectivity index (χ4v) is 2.17. The molecule has 0 bridgehead atoms. The molecule has 1 aromatic heterocycles. The predicted molar refractivity (Wildman–Crippen MR) is 72.1 cm³/mol. The number of benzene rings is 1. The Balaban J connectivity index is 2.26. The summed E-state index contributed by atoms with van der Waals surface area (Å²) >= 11 is 3.33. The Morgan fingerprint density at radius 2 is 2.22 bits per heavy atom. The number of halogens is 2. The third-order valence-electron chi connectivity index (χ3n) is 2.70. The van der Waals surface area contributed by atoms with E-state index in [1.54, 1.807) is 24.5 Å². The van der Waals surface area contributed by atoms with Crippen molar-refractivity contribution in [3.8, 4) is 0 Å². The molecule has 0 amide bonds.